The van der Waals surface area contributed by atoms with Crippen LogP contribution >= 0.6 is 7.82 Å². The smallest absolute Gasteiger partial charge is 0.381 e. The molecule has 0 heterocycles. The standard InChI is InChI=1S/C30H49N2O5P/c1-7-35-38(34,36-8-2)37-24-12-11-22-32-30(33)28-19-9-10-20-29(28)31-23-21-27(6)18-14-17-26(5)16-13-15-25(3)4/h9-10,15,17,19-21,31H,7-8,11-14,16,18,22-24H2,1-6H3,(H,32,33)/b26-17+,27-21+. The normalized spacial score (nSPS) is 12.4. The van der Waals surface area contributed by atoms with E-state index in [0.29, 0.717) is 31.5 Å². The van der Waals surface area contributed by atoms with E-state index in [0.717, 1.165) is 31.4 Å². The van der Waals surface area contributed by atoms with Crippen molar-refractivity contribution in [3.63, 3.8) is 0 Å². The first-order valence-electron chi connectivity index (χ1n) is 13.8. The summed E-state index contributed by atoms with van der Waals surface area (Å²) in [6.07, 6.45) is 12.4. The van der Waals surface area contributed by atoms with Crippen molar-refractivity contribution >= 4 is 19.4 Å². The molecule has 1 aromatic carbocycles. The molecule has 0 spiro atoms. The molecule has 1 amide bonds. The highest BCUT2D eigenvalue weighted by Crippen LogP contribution is 2.49. The molecule has 38 heavy (non-hydrogen) atoms. The van der Waals surface area contributed by atoms with Crippen LogP contribution in [0.2, 0.25) is 0 Å². The molecule has 0 fully saturated rings. The molecule has 0 aromatic heterocycles. The van der Waals surface area contributed by atoms with Gasteiger partial charge in [-0.25, -0.2) is 4.57 Å². The Hall–Kier alpha value is -2.18. The zero-order valence-electron chi connectivity index (χ0n) is 24.3. The molecule has 0 aliphatic rings. The number of unbranched alkanes of at least 4 members (excludes halogenated alkanes) is 1. The molecule has 0 aliphatic heterocycles. The number of phosphoric ester groups is 1. The maximum Gasteiger partial charge on any atom is 0.474 e. The van der Waals surface area contributed by atoms with Crippen LogP contribution in [0.4, 0.5) is 5.69 Å². The lowest BCUT2D eigenvalue weighted by molar-refractivity contribution is 0.0949. The van der Waals surface area contributed by atoms with Crippen LogP contribution in [0, 0.1) is 0 Å². The van der Waals surface area contributed by atoms with E-state index in [9.17, 15) is 9.36 Å². The average Bonchev–Trinajstić information content (AvgIpc) is 2.86. The van der Waals surface area contributed by atoms with Gasteiger partial charge in [0, 0.05) is 18.8 Å². The maximum absolute atomic E-state index is 12.7. The fraction of sp³-hybridized carbons (Fsp3) is 0.567. The van der Waals surface area contributed by atoms with E-state index in [-0.39, 0.29) is 25.7 Å². The molecule has 2 N–H and O–H groups in total. The van der Waals surface area contributed by atoms with Crippen LogP contribution in [0.5, 0.6) is 0 Å². The average molecular weight is 549 g/mol. The molecule has 0 aliphatic carbocycles. The van der Waals surface area contributed by atoms with Crippen molar-refractivity contribution in [1.82, 2.24) is 5.32 Å². The summed E-state index contributed by atoms with van der Waals surface area (Å²) in [6.45, 7) is 14.0. The minimum absolute atomic E-state index is 0.127. The molecule has 1 aromatic rings. The number of phosphoric acid groups is 1. The third-order valence-corrected chi connectivity index (χ3v) is 7.37. The molecular formula is C30H49N2O5P. The molecule has 0 saturated carbocycles. The Balaban J connectivity index is 2.42. The van der Waals surface area contributed by atoms with Gasteiger partial charge in [0.2, 0.25) is 0 Å². The topological polar surface area (TPSA) is 85.9 Å². The fourth-order valence-corrected chi connectivity index (χ4v) is 4.85. The third-order valence-electron chi connectivity index (χ3n) is 5.72. The lowest BCUT2D eigenvalue weighted by Crippen LogP contribution is -2.25. The van der Waals surface area contributed by atoms with Crippen molar-refractivity contribution in [3.05, 3.63) is 64.8 Å². The van der Waals surface area contributed by atoms with E-state index in [1.54, 1.807) is 13.8 Å². The predicted molar refractivity (Wildman–Crippen MR) is 159 cm³/mol. The van der Waals surface area contributed by atoms with Gasteiger partial charge < -0.3 is 10.6 Å². The number of allylic oxidation sites excluding steroid dienone is 5. The number of hydrogen-bond donors (Lipinski definition) is 2. The summed E-state index contributed by atoms with van der Waals surface area (Å²) in [5.74, 6) is -0.127. The Morgan fingerprint density at radius 3 is 2.16 bits per heavy atom. The monoisotopic (exact) mass is 548 g/mol. The molecule has 0 saturated heterocycles. The van der Waals surface area contributed by atoms with Crippen molar-refractivity contribution in [2.75, 3.05) is 38.2 Å². The highest BCUT2D eigenvalue weighted by molar-refractivity contribution is 7.48. The number of anilines is 1. The van der Waals surface area contributed by atoms with E-state index < -0.39 is 7.82 Å². The fourth-order valence-electron chi connectivity index (χ4n) is 3.64. The van der Waals surface area contributed by atoms with E-state index >= 15 is 0 Å². The zero-order chi connectivity index (χ0) is 28.2. The number of carbonyl (C=O) groups is 1. The number of para-hydroxylation sites is 1. The Kier molecular flexibility index (Phi) is 17.7. The second-order valence-electron chi connectivity index (χ2n) is 9.47. The largest absolute Gasteiger partial charge is 0.474 e. The van der Waals surface area contributed by atoms with Gasteiger partial charge in [0.05, 0.1) is 25.4 Å². The van der Waals surface area contributed by atoms with Crippen LogP contribution < -0.4 is 10.6 Å². The molecule has 0 atom stereocenters. The number of hydrogen-bond acceptors (Lipinski definition) is 6. The van der Waals surface area contributed by atoms with Gasteiger partial charge in [0.15, 0.2) is 0 Å². The van der Waals surface area contributed by atoms with Crippen molar-refractivity contribution in [1.29, 1.82) is 0 Å². The minimum atomic E-state index is -3.48. The van der Waals surface area contributed by atoms with Gasteiger partial charge in [-0.3, -0.25) is 18.4 Å². The molecule has 0 radical (unpaired) electrons. The Labute approximate surface area is 230 Å². The highest BCUT2D eigenvalue weighted by Gasteiger charge is 2.24. The first-order chi connectivity index (χ1) is 18.2. The van der Waals surface area contributed by atoms with Crippen molar-refractivity contribution < 1.29 is 22.9 Å². The first-order valence-corrected chi connectivity index (χ1v) is 15.3. The zero-order valence-corrected chi connectivity index (χ0v) is 25.2. The maximum atomic E-state index is 12.7. The predicted octanol–water partition coefficient (Wildman–Crippen LogP) is 8.23. The van der Waals surface area contributed by atoms with Gasteiger partial charge in [0.1, 0.15) is 0 Å². The van der Waals surface area contributed by atoms with Gasteiger partial charge >= 0.3 is 7.82 Å². The molecule has 0 unspecified atom stereocenters. The van der Waals surface area contributed by atoms with E-state index in [4.69, 9.17) is 13.6 Å². The summed E-state index contributed by atoms with van der Waals surface area (Å²) in [4.78, 5) is 12.7. The second kappa shape index (κ2) is 19.8. The van der Waals surface area contributed by atoms with Crippen LogP contribution in [-0.2, 0) is 18.1 Å². The van der Waals surface area contributed by atoms with Crippen molar-refractivity contribution in [3.8, 4) is 0 Å². The first kappa shape index (κ1) is 33.8. The summed E-state index contributed by atoms with van der Waals surface area (Å²) in [5, 5.41) is 6.33. The van der Waals surface area contributed by atoms with Crippen molar-refractivity contribution in [2.24, 2.45) is 0 Å². The number of amides is 1. The minimum Gasteiger partial charge on any atom is -0.381 e. The number of nitrogens with one attached hydrogen (secondary N) is 2. The van der Waals surface area contributed by atoms with Gasteiger partial charge in [-0.2, -0.15) is 0 Å². The lowest BCUT2D eigenvalue weighted by atomic mass is 10.1. The summed E-state index contributed by atoms with van der Waals surface area (Å²) in [6, 6.07) is 7.52. The molecule has 1 rings (SSSR count). The SMILES string of the molecule is CCOP(=O)(OCC)OCCCCNC(=O)c1ccccc1NC/C=C(\C)CC/C=C(\C)CCC=C(C)C. The summed E-state index contributed by atoms with van der Waals surface area (Å²) in [5.41, 5.74) is 5.56. The summed E-state index contributed by atoms with van der Waals surface area (Å²) >= 11 is 0. The third kappa shape index (κ3) is 15.3. The van der Waals surface area contributed by atoms with Crippen LogP contribution in [0.25, 0.3) is 0 Å². The Morgan fingerprint density at radius 1 is 0.868 bits per heavy atom. The van der Waals surface area contributed by atoms with Crippen LogP contribution in [0.15, 0.2) is 59.2 Å². The second-order valence-corrected chi connectivity index (χ2v) is 11.1. The molecule has 7 nitrogen and oxygen atoms in total. The van der Waals surface area contributed by atoms with E-state index in [1.807, 2.05) is 24.3 Å². The van der Waals surface area contributed by atoms with Crippen LogP contribution in [0.1, 0.15) is 90.4 Å². The molecular weight excluding hydrogens is 499 g/mol. The van der Waals surface area contributed by atoms with Gasteiger partial charge in [-0.1, -0.05) is 47.1 Å². The number of benzene rings is 1. The van der Waals surface area contributed by atoms with Crippen LogP contribution in [0.3, 0.4) is 0 Å². The number of rotatable bonds is 20. The van der Waals surface area contributed by atoms with E-state index in [1.165, 1.54) is 16.7 Å². The Morgan fingerprint density at radius 2 is 1.50 bits per heavy atom. The van der Waals surface area contributed by atoms with Crippen molar-refractivity contribution in [2.45, 2.75) is 80.1 Å². The number of carbonyl (C=O) groups excluding carboxylic acids is 1. The van der Waals surface area contributed by atoms with Crippen LogP contribution in [-0.4, -0.2) is 38.8 Å². The van der Waals surface area contributed by atoms with Gasteiger partial charge in [0.25, 0.3) is 5.91 Å². The van der Waals surface area contributed by atoms with E-state index in [2.05, 4.69) is 56.6 Å². The summed E-state index contributed by atoms with van der Waals surface area (Å²) in [7, 11) is -3.48. The van der Waals surface area contributed by atoms with Gasteiger partial charge in [-0.05, 0) is 92.2 Å². The molecule has 0 bridgehead atoms. The quantitative estimate of drug-likeness (QED) is 0.0970. The molecule has 8 heteroatoms. The molecule has 214 valence electrons. The Bertz CT molecular complexity index is 957. The highest BCUT2D eigenvalue weighted by atomic mass is 31.2. The lowest BCUT2D eigenvalue weighted by Gasteiger charge is -2.16. The summed E-state index contributed by atoms with van der Waals surface area (Å²) < 4.78 is 27.8. The van der Waals surface area contributed by atoms with Gasteiger partial charge in [-0.15, -0.1) is 0 Å².